The molecule has 3 aromatic rings. The number of amides is 1. The second-order valence-electron chi connectivity index (χ2n) is 9.31. The fourth-order valence-corrected chi connectivity index (χ4v) is 4.80. The minimum atomic E-state index is 0.114. The number of carbonyl (C=O) groups is 1. The molecule has 0 radical (unpaired) electrons. The number of carbonyl (C=O) groups excluding carboxylic acids is 1. The van der Waals surface area contributed by atoms with Crippen molar-refractivity contribution < 1.29 is 9.21 Å². The Bertz CT molecular complexity index is 1250. The Kier molecular flexibility index (Phi) is 4.42. The summed E-state index contributed by atoms with van der Waals surface area (Å²) in [5.41, 5.74) is 5.19. The van der Waals surface area contributed by atoms with Crippen molar-refractivity contribution in [2.75, 3.05) is 24.5 Å². The van der Waals surface area contributed by atoms with Gasteiger partial charge in [-0.25, -0.2) is 9.97 Å². The molecular weight excluding hydrogens is 402 g/mol. The Balaban J connectivity index is 1.35. The number of hydrogen-bond acceptors (Lipinski definition) is 6. The third-order valence-electron chi connectivity index (χ3n) is 6.90. The van der Waals surface area contributed by atoms with Gasteiger partial charge in [0.1, 0.15) is 17.4 Å². The van der Waals surface area contributed by atoms with Crippen molar-refractivity contribution in [1.82, 2.24) is 14.9 Å². The van der Waals surface area contributed by atoms with E-state index in [4.69, 9.17) is 9.40 Å². The lowest BCUT2D eigenvalue weighted by Gasteiger charge is -2.41. The fraction of sp³-hybridized carbons (Fsp3) is 0.440. The molecule has 162 valence electrons. The summed E-state index contributed by atoms with van der Waals surface area (Å²) in [5.74, 6) is 1.71. The van der Waals surface area contributed by atoms with Crippen molar-refractivity contribution in [2.45, 2.75) is 44.6 Å². The number of benzene rings is 1. The monoisotopic (exact) mass is 427 g/mol. The van der Waals surface area contributed by atoms with Crippen LogP contribution >= 0.6 is 0 Å². The van der Waals surface area contributed by atoms with Crippen LogP contribution in [0.15, 0.2) is 35.1 Å². The molecule has 3 aliphatic rings. The van der Waals surface area contributed by atoms with E-state index in [2.05, 4.69) is 22.9 Å². The largest absolute Gasteiger partial charge is 0.443 e. The predicted molar refractivity (Wildman–Crippen MR) is 120 cm³/mol. The molecule has 1 saturated heterocycles. The number of anilines is 1. The molecule has 7 heteroatoms. The van der Waals surface area contributed by atoms with Gasteiger partial charge in [0, 0.05) is 43.1 Å². The van der Waals surface area contributed by atoms with E-state index in [9.17, 15) is 10.1 Å². The van der Waals surface area contributed by atoms with Crippen molar-refractivity contribution >= 4 is 22.8 Å². The second kappa shape index (κ2) is 7.33. The van der Waals surface area contributed by atoms with Gasteiger partial charge in [0.15, 0.2) is 12.0 Å². The molecule has 2 aromatic heterocycles. The molecule has 1 aliphatic heterocycles. The molecule has 0 bridgehead atoms. The normalized spacial score (nSPS) is 21.1. The van der Waals surface area contributed by atoms with Crippen LogP contribution in [0.2, 0.25) is 0 Å². The summed E-state index contributed by atoms with van der Waals surface area (Å²) in [4.78, 5) is 26.1. The van der Waals surface area contributed by atoms with E-state index in [1.807, 2.05) is 29.2 Å². The number of piperazine rings is 1. The lowest BCUT2D eigenvalue weighted by Crippen LogP contribution is -2.54. The number of rotatable bonds is 4. The number of aromatic nitrogens is 2. The van der Waals surface area contributed by atoms with Gasteiger partial charge in [-0.15, -0.1) is 0 Å². The zero-order valence-electron chi connectivity index (χ0n) is 18.1. The van der Waals surface area contributed by atoms with Crippen LogP contribution < -0.4 is 4.90 Å². The highest BCUT2D eigenvalue weighted by molar-refractivity contribution is 5.83. The molecule has 0 spiro atoms. The van der Waals surface area contributed by atoms with Crippen LogP contribution in [0.25, 0.3) is 22.2 Å². The summed E-state index contributed by atoms with van der Waals surface area (Å²) in [6.07, 6.45) is 5.74. The lowest BCUT2D eigenvalue weighted by atomic mass is 9.98. The predicted octanol–water partition coefficient (Wildman–Crippen LogP) is 4.09. The van der Waals surface area contributed by atoms with Crippen molar-refractivity contribution in [1.29, 1.82) is 5.26 Å². The third-order valence-corrected chi connectivity index (χ3v) is 6.90. The Labute approximate surface area is 186 Å². The number of hydrogen-bond donors (Lipinski definition) is 0. The SMILES string of the molecule is CC1CN(c2nc(C3CC3)c(-c3ccc4ncoc4c3)cc2C#N)CCN1C(=O)C1CC1. The Hall–Kier alpha value is -3.40. The maximum Gasteiger partial charge on any atom is 0.226 e. The third kappa shape index (κ3) is 3.31. The van der Waals surface area contributed by atoms with E-state index < -0.39 is 0 Å². The molecule has 6 rings (SSSR count). The molecule has 3 fully saturated rings. The van der Waals surface area contributed by atoms with Gasteiger partial charge in [-0.2, -0.15) is 5.26 Å². The Morgan fingerprint density at radius 3 is 2.75 bits per heavy atom. The van der Waals surface area contributed by atoms with Gasteiger partial charge in [0.25, 0.3) is 0 Å². The standard InChI is InChI=1S/C25H25N5O2/c1-15-13-29(8-9-30(15)25(31)17-4-5-17)24-19(12-26)10-20(23(28-24)16-2-3-16)18-6-7-21-22(11-18)32-14-27-21/h6-7,10-11,14-17H,2-5,8-9,13H2,1H3. The molecule has 1 atom stereocenters. The number of nitrogens with zero attached hydrogens (tertiary/aromatic N) is 5. The zero-order chi connectivity index (χ0) is 21.8. The van der Waals surface area contributed by atoms with Crippen LogP contribution in [0.4, 0.5) is 5.82 Å². The highest BCUT2D eigenvalue weighted by Crippen LogP contribution is 2.45. The van der Waals surface area contributed by atoms with Crippen molar-refractivity contribution in [3.63, 3.8) is 0 Å². The van der Waals surface area contributed by atoms with Gasteiger partial charge in [-0.1, -0.05) is 6.07 Å². The van der Waals surface area contributed by atoms with Crippen molar-refractivity contribution in [3.8, 4) is 17.2 Å². The van der Waals surface area contributed by atoms with Gasteiger partial charge in [-0.05, 0) is 56.4 Å². The van der Waals surface area contributed by atoms with Crippen LogP contribution in [0, 0.1) is 17.2 Å². The van der Waals surface area contributed by atoms with E-state index in [1.165, 1.54) is 6.39 Å². The van der Waals surface area contributed by atoms with Crippen LogP contribution in [0.5, 0.6) is 0 Å². The van der Waals surface area contributed by atoms with E-state index >= 15 is 0 Å². The number of nitriles is 1. The minimum absolute atomic E-state index is 0.114. The fourth-order valence-electron chi connectivity index (χ4n) is 4.80. The number of pyridine rings is 1. The zero-order valence-corrected chi connectivity index (χ0v) is 18.1. The Morgan fingerprint density at radius 2 is 2.03 bits per heavy atom. The Morgan fingerprint density at radius 1 is 1.19 bits per heavy atom. The number of oxazole rings is 1. The van der Waals surface area contributed by atoms with Crippen LogP contribution in [0.3, 0.4) is 0 Å². The first-order valence-electron chi connectivity index (χ1n) is 11.5. The molecule has 1 amide bonds. The molecule has 2 saturated carbocycles. The maximum absolute atomic E-state index is 12.6. The van der Waals surface area contributed by atoms with Gasteiger partial charge < -0.3 is 14.2 Å². The summed E-state index contributed by atoms with van der Waals surface area (Å²) >= 11 is 0. The molecule has 2 aliphatic carbocycles. The quantitative estimate of drug-likeness (QED) is 0.623. The van der Waals surface area contributed by atoms with Gasteiger partial charge in [0.2, 0.25) is 5.91 Å². The summed E-state index contributed by atoms with van der Waals surface area (Å²) in [6, 6.07) is 10.4. The maximum atomic E-state index is 12.6. The molecule has 1 unspecified atom stereocenters. The molecular formula is C25H25N5O2. The van der Waals surface area contributed by atoms with Gasteiger partial charge in [-0.3, -0.25) is 4.79 Å². The highest BCUT2D eigenvalue weighted by Gasteiger charge is 2.38. The van der Waals surface area contributed by atoms with Crippen LogP contribution in [0.1, 0.15) is 49.8 Å². The second-order valence-corrected chi connectivity index (χ2v) is 9.31. The first-order valence-corrected chi connectivity index (χ1v) is 11.5. The topological polar surface area (TPSA) is 86.3 Å². The highest BCUT2D eigenvalue weighted by atomic mass is 16.3. The molecule has 0 N–H and O–H groups in total. The van der Waals surface area contributed by atoms with Crippen LogP contribution in [-0.2, 0) is 4.79 Å². The summed E-state index contributed by atoms with van der Waals surface area (Å²) in [5, 5.41) is 9.98. The number of fused-ring (bicyclic) bond motifs is 1. The van der Waals surface area contributed by atoms with E-state index in [1.54, 1.807) is 0 Å². The summed E-state index contributed by atoms with van der Waals surface area (Å²) < 4.78 is 5.50. The van der Waals surface area contributed by atoms with Gasteiger partial charge in [0.05, 0.1) is 11.3 Å². The van der Waals surface area contributed by atoms with E-state index in [0.717, 1.165) is 59.4 Å². The molecule has 1 aromatic carbocycles. The first-order chi connectivity index (χ1) is 15.6. The summed E-state index contributed by atoms with van der Waals surface area (Å²) in [7, 11) is 0. The van der Waals surface area contributed by atoms with Crippen molar-refractivity contribution in [2.24, 2.45) is 5.92 Å². The first kappa shape index (κ1) is 19.3. The summed E-state index contributed by atoms with van der Waals surface area (Å²) in [6.45, 7) is 4.19. The van der Waals surface area contributed by atoms with Gasteiger partial charge >= 0.3 is 0 Å². The lowest BCUT2D eigenvalue weighted by molar-refractivity contribution is -0.134. The van der Waals surface area contributed by atoms with E-state index in [-0.39, 0.29) is 12.0 Å². The average Bonchev–Trinajstić information content (AvgIpc) is 3.74. The molecule has 3 heterocycles. The van der Waals surface area contributed by atoms with E-state index in [0.29, 0.717) is 37.0 Å². The molecule has 32 heavy (non-hydrogen) atoms. The minimum Gasteiger partial charge on any atom is -0.443 e. The smallest absolute Gasteiger partial charge is 0.226 e. The molecule has 7 nitrogen and oxygen atoms in total. The average molecular weight is 428 g/mol. The van der Waals surface area contributed by atoms with Crippen molar-refractivity contribution in [3.05, 3.63) is 41.9 Å². The van der Waals surface area contributed by atoms with Crippen LogP contribution in [-0.4, -0.2) is 46.5 Å².